The molecule has 4 rings (SSSR count). The Labute approximate surface area is 199 Å². The number of unbranched alkanes of at least 4 members (excludes halogenated alkanes) is 1. The molecule has 0 radical (unpaired) electrons. The number of methoxy groups -OCH3 is 1. The van der Waals surface area contributed by atoms with Crippen molar-refractivity contribution in [3.8, 4) is 22.9 Å². The van der Waals surface area contributed by atoms with Gasteiger partial charge in [-0.25, -0.2) is 4.79 Å². The SMILES string of the molecule is CCCCN1C(=O)NC(c2ccc(OCC)cc2)C(c2nc(-c3ccc(OC)cc3)no2)=C1C. The van der Waals surface area contributed by atoms with Crippen LogP contribution in [0.2, 0.25) is 0 Å². The molecule has 2 heterocycles. The Balaban J connectivity index is 1.74. The summed E-state index contributed by atoms with van der Waals surface area (Å²) in [6.07, 6.45) is 1.88. The lowest BCUT2D eigenvalue weighted by Gasteiger charge is -2.35. The molecule has 1 unspecified atom stereocenters. The quantitative estimate of drug-likeness (QED) is 0.455. The maximum atomic E-state index is 13.0. The zero-order valence-electron chi connectivity index (χ0n) is 20.0. The third-order valence-corrected chi connectivity index (χ3v) is 5.86. The van der Waals surface area contributed by atoms with Gasteiger partial charge in [0.05, 0.1) is 25.3 Å². The highest BCUT2D eigenvalue weighted by Gasteiger charge is 2.35. The smallest absolute Gasteiger partial charge is 0.322 e. The van der Waals surface area contributed by atoms with Crippen molar-refractivity contribution in [2.24, 2.45) is 0 Å². The number of aromatic nitrogens is 2. The molecule has 1 aliphatic rings. The van der Waals surface area contributed by atoms with Gasteiger partial charge in [-0.05, 0) is 62.2 Å². The number of hydrogen-bond donors (Lipinski definition) is 1. The van der Waals surface area contributed by atoms with Crippen LogP contribution < -0.4 is 14.8 Å². The largest absolute Gasteiger partial charge is 0.497 e. The van der Waals surface area contributed by atoms with Gasteiger partial charge in [0, 0.05) is 17.8 Å². The number of nitrogens with zero attached hydrogens (tertiary/aromatic N) is 3. The van der Waals surface area contributed by atoms with Gasteiger partial charge in [0.15, 0.2) is 0 Å². The molecule has 1 N–H and O–H groups in total. The predicted molar refractivity (Wildman–Crippen MR) is 129 cm³/mol. The molecule has 178 valence electrons. The molecule has 0 saturated heterocycles. The third kappa shape index (κ3) is 4.76. The van der Waals surface area contributed by atoms with Crippen LogP contribution in [0.3, 0.4) is 0 Å². The first-order valence-corrected chi connectivity index (χ1v) is 11.6. The molecule has 2 amide bonds. The van der Waals surface area contributed by atoms with Gasteiger partial charge in [-0.2, -0.15) is 4.98 Å². The maximum Gasteiger partial charge on any atom is 0.322 e. The third-order valence-electron chi connectivity index (χ3n) is 5.86. The first-order chi connectivity index (χ1) is 16.5. The van der Waals surface area contributed by atoms with Gasteiger partial charge in [-0.3, -0.25) is 4.90 Å². The number of carbonyl (C=O) groups excluding carboxylic acids is 1. The minimum atomic E-state index is -0.426. The Morgan fingerprint density at radius 2 is 1.76 bits per heavy atom. The topological polar surface area (TPSA) is 89.7 Å². The summed E-state index contributed by atoms with van der Waals surface area (Å²) in [5.41, 5.74) is 3.31. The molecular formula is C26H30N4O4. The normalized spacial score (nSPS) is 15.9. The fourth-order valence-corrected chi connectivity index (χ4v) is 4.01. The zero-order chi connectivity index (χ0) is 24.1. The first kappa shape index (κ1) is 23.4. The Hall–Kier alpha value is -3.81. The summed E-state index contributed by atoms with van der Waals surface area (Å²) in [5.74, 6) is 2.38. The maximum absolute atomic E-state index is 13.0. The van der Waals surface area contributed by atoms with Crippen LogP contribution >= 0.6 is 0 Å². The van der Waals surface area contributed by atoms with Crippen molar-refractivity contribution in [3.05, 3.63) is 65.7 Å². The highest BCUT2D eigenvalue weighted by Crippen LogP contribution is 2.38. The van der Waals surface area contributed by atoms with Gasteiger partial charge < -0.3 is 19.3 Å². The van der Waals surface area contributed by atoms with Crippen LogP contribution in [-0.2, 0) is 0 Å². The van der Waals surface area contributed by atoms with E-state index in [4.69, 9.17) is 19.0 Å². The Kier molecular flexibility index (Phi) is 7.15. The molecule has 0 spiro atoms. The summed E-state index contributed by atoms with van der Waals surface area (Å²) in [4.78, 5) is 19.4. The standard InChI is InChI=1S/C26H30N4O4/c1-5-7-16-30-17(3)22(23(27-26(30)31)18-8-14-21(15-9-18)33-6-2)25-28-24(29-34-25)19-10-12-20(32-4)13-11-19/h8-15,23H,5-7,16H2,1-4H3,(H,27,31). The molecule has 0 saturated carbocycles. The highest BCUT2D eigenvalue weighted by atomic mass is 16.5. The lowest BCUT2D eigenvalue weighted by molar-refractivity contribution is 0.204. The number of hydrogen-bond acceptors (Lipinski definition) is 6. The summed E-state index contributed by atoms with van der Waals surface area (Å²) in [5, 5.41) is 7.34. The Morgan fingerprint density at radius 1 is 1.06 bits per heavy atom. The predicted octanol–water partition coefficient (Wildman–Crippen LogP) is 5.44. The van der Waals surface area contributed by atoms with Gasteiger partial charge in [0.25, 0.3) is 5.89 Å². The summed E-state index contributed by atoms with van der Waals surface area (Å²) in [7, 11) is 1.62. The van der Waals surface area contributed by atoms with Gasteiger partial charge in [-0.15, -0.1) is 0 Å². The van der Waals surface area contributed by atoms with Crippen LogP contribution in [0.25, 0.3) is 17.0 Å². The number of benzene rings is 2. The summed E-state index contributed by atoms with van der Waals surface area (Å²) in [6.45, 7) is 7.19. The van der Waals surface area contributed by atoms with Gasteiger partial charge in [0.2, 0.25) is 5.82 Å². The summed E-state index contributed by atoms with van der Waals surface area (Å²) in [6, 6.07) is 14.6. The number of amides is 2. The van der Waals surface area contributed by atoms with E-state index >= 15 is 0 Å². The fourth-order valence-electron chi connectivity index (χ4n) is 4.01. The van der Waals surface area contributed by atoms with Gasteiger partial charge >= 0.3 is 6.03 Å². The van der Waals surface area contributed by atoms with Gasteiger partial charge in [0.1, 0.15) is 11.5 Å². The number of allylic oxidation sites excluding steroid dienone is 1. The second kappa shape index (κ2) is 10.4. The van der Waals surface area contributed by atoms with Crippen molar-refractivity contribution in [1.82, 2.24) is 20.4 Å². The molecule has 0 aliphatic carbocycles. The van der Waals surface area contributed by atoms with E-state index in [9.17, 15) is 4.79 Å². The molecule has 3 aromatic rings. The van der Waals surface area contributed by atoms with Crippen molar-refractivity contribution in [2.45, 2.75) is 39.7 Å². The monoisotopic (exact) mass is 462 g/mol. The summed E-state index contributed by atoms with van der Waals surface area (Å²) >= 11 is 0. The van der Waals surface area contributed by atoms with Crippen LogP contribution in [-0.4, -0.2) is 41.3 Å². The van der Waals surface area contributed by atoms with Crippen LogP contribution in [0.4, 0.5) is 4.79 Å². The van der Waals surface area contributed by atoms with Crippen molar-refractivity contribution < 1.29 is 18.8 Å². The van der Waals surface area contributed by atoms with Crippen molar-refractivity contribution >= 4 is 11.6 Å². The zero-order valence-corrected chi connectivity index (χ0v) is 20.0. The van der Waals surface area contributed by atoms with Gasteiger partial charge in [-0.1, -0.05) is 30.6 Å². The fraction of sp³-hybridized carbons (Fsp3) is 0.346. The Bertz CT molecular complexity index is 1150. The minimum Gasteiger partial charge on any atom is -0.497 e. The lowest BCUT2D eigenvalue weighted by Crippen LogP contribution is -2.46. The molecule has 2 aromatic carbocycles. The minimum absolute atomic E-state index is 0.136. The van der Waals surface area contributed by atoms with E-state index in [1.807, 2.05) is 62.4 Å². The molecule has 1 aliphatic heterocycles. The van der Waals surface area contributed by atoms with Crippen molar-refractivity contribution in [3.63, 3.8) is 0 Å². The van der Waals surface area contributed by atoms with E-state index in [-0.39, 0.29) is 6.03 Å². The van der Waals surface area contributed by atoms with Crippen LogP contribution in [0, 0.1) is 0 Å². The second-order valence-electron chi connectivity index (χ2n) is 8.04. The highest BCUT2D eigenvalue weighted by molar-refractivity contribution is 5.86. The Morgan fingerprint density at radius 3 is 2.41 bits per heavy atom. The van der Waals surface area contributed by atoms with E-state index in [2.05, 4.69) is 17.4 Å². The molecule has 8 heteroatoms. The van der Waals surface area contributed by atoms with E-state index in [0.717, 1.165) is 46.7 Å². The number of rotatable bonds is 9. The number of ether oxygens (including phenoxy) is 2. The number of carbonyl (C=O) groups is 1. The van der Waals surface area contributed by atoms with E-state index < -0.39 is 6.04 Å². The average Bonchev–Trinajstić information content (AvgIpc) is 3.34. The van der Waals surface area contributed by atoms with Crippen LogP contribution in [0.5, 0.6) is 11.5 Å². The number of urea groups is 1. The molecular weight excluding hydrogens is 432 g/mol. The summed E-state index contributed by atoms with van der Waals surface area (Å²) < 4.78 is 16.5. The van der Waals surface area contributed by atoms with Crippen molar-refractivity contribution in [2.75, 3.05) is 20.3 Å². The van der Waals surface area contributed by atoms with E-state index in [1.54, 1.807) is 12.0 Å². The molecule has 8 nitrogen and oxygen atoms in total. The molecule has 1 atom stereocenters. The molecule has 0 fully saturated rings. The van der Waals surface area contributed by atoms with Crippen molar-refractivity contribution in [1.29, 1.82) is 0 Å². The van der Waals surface area contributed by atoms with E-state index in [0.29, 0.717) is 24.9 Å². The molecule has 1 aromatic heterocycles. The first-order valence-electron chi connectivity index (χ1n) is 11.6. The molecule has 0 bridgehead atoms. The molecule has 34 heavy (non-hydrogen) atoms. The van der Waals surface area contributed by atoms with E-state index in [1.165, 1.54) is 0 Å². The van der Waals surface area contributed by atoms with Crippen LogP contribution in [0.1, 0.15) is 51.1 Å². The second-order valence-corrected chi connectivity index (χ2v) is 8.04. The number of nitrogens with one attached hydrogen (secondary N) is 1. The lowest BCUT2D eigenvalue weighted by atomic mass is 9.94. The average molecular weight is 463 g/mol. The van der Waals surface area contributed by atoms with Crippen LogP contribution in [0.15, 0.2) is 58.8 Å².